The van der Waals surface area contributed by atoms with Gasteiger partial charge in [0.15, 0.2) is 0 Å². The molecule has 2 N–H and O–H groups in total. The van der Waals surface area contributed by atoms with Crippen LogP contribution in [0, 0.1) is 0 Å². The summed E-state index contributed by atoms with van der Waals surface area (Å²) in [7, 11) is 0. The van der Waals surface area contributed by atoms with Crippen molar-refractivity contribution < 1.29 is 9.18 Å². The van der Waals surface area contributed by atoms with Gasteiger partial charge in [-0.2, -0.15) is 0 Å². The number of anilines is 1. The first-order valence-electron chi connectivity index (χ1n) is 6.61. The number of hydrogen-bond acceptors (Lipinski definition) is 4. The summed E-state index contributed by atoms with van der Waals surface area (Å²) < 4.78 is 12.7. The maximum atomic E-state index is 12.7. The number of carbonyl (C=O) groups excluding carboxylic acids is 1. The number of amides is 1. The number of rotatable bonds is 3. The van der Waals surface area contributed by atoms with Gasteiger partial charge in [-0.25, -0.2) is 9.37 Å². The minimum Gasteiger partial charge on any atom is -0.368 e. The Labute approximate surface area is 111 Å². The van der Waals surface area contributed by atoms with Gasteiger partial charge in [-0.15, -0.1) is 0 Å². The highest BCUT2D eigenvalue weighted by atomic mass is 19.1. The van der Waals surface area contributed by atoms with Gasteiger partial charge in [0, 0.05) is 32.6 Å². The molecule has 2 fully saturated rings. The Morgan fingerprint density at radius 1 is 1.42 bits per heavy atom. The number of nitrogens with one attached hydrogen (secondary N) is 2. The van der Waals surface area contributed by atoms with Gasteiger partial charge in [-0.05, 0) is 12.1 Å². The van der Waals surface area contributed by atoms with Crippen LogP contribution in [-0.2, 0) is 0 Å². The van der Waals surface area contributed by atoms with Crippen LogP contribution in [0.5, 0.6) is 0 Å². The van der Waals surface area contributed by atoms with E-state index >= 15 is 0 Å². The van der Waals surface area contributed by atoms with Crippen molar-refractivity contribution in [1.82, 2.24) is 15.6 Å². The van der Waals surface area contributed by atoms with Crippen LogP contribution < -0.4 is 15.5 Å². The van der Waals surface area contributed by atoms with Gasteiger partial charge in [0.25, 0.3) is 5.91 Å². The van der Waals surface area contributed by atoms with E-state index < -0.39 is 6.17 Å². The van der Waals surface area contributed by atoms with Gasteiger partial charge >= 0.3 is 0 Å². The number of aromatic nitrogens is 1. The van der Waals surface area contributed by atoms with Crippen molar-refractivity contribution in [3.63, 3.8) is 0 Å². The van der Waals surface area contributed by atoms with Crippen molar-refractivity contribution >= 4 is 11.6 Å². The molecule has 3 rings (SSSR count). The molecule has 1 aliphatic carbocycles. The minimum atomic E-state index is -0.885. The molecule has 5 nitrogen and oxygen atoms in total. The SMILES string of the molecule is O=C(N[C@@H]1C[C@@H]1F)c1ccc(N2CCNCC2)cn1. The molecular formula is C13H17FN4O. The molecule has 0 radical (unpaired) electrons. The Kier molecular flexibility index (Phi) is 3.33. The van der Waals surface area contributed by atoms with Gasteiger partial charge in [0.05, 0.1) is 17.9 Å². The van der Waals surface area contributed by atoms with Crippen LogP contribution in [0.1, 0.15) is 16.9 Å². The van der Waals surface area contributed by atoms with Crippen LogP contribution in [0.4, 0.5) is 10.1 Å². The highest BCUT2D eigenvalue weighted by Gasteiger charge is 2.38. The molecule has 2 heterocycles. The third kappa shape index (κ3) is 2.84. The average Bonchev–Trinajstić information content (AvgIpc) is 3.15. The van der Waals surface area contributed by atoms with Gasteiger partial charge < -0.3 is 15.5 Å². The molecule has 1 aromatic rings. The first kappa shape index (κ1) is 12.3. The summed E-state index contributed by atoms with van der Waals surface area (Å²) in [5.41, 5.74) is 1.37. The fourth-order valence-corrected chi connectivity index (χ4v) is 2.19. The smallest absolute Gasteiger partial charge is 0.270 e. The van der Waals surface area contributed by atoms with Gasteiger partial charge in [-0.3, -0.25) is 4.79 Å². The zero-order valence-corrected chi connectivity index (χ0v) is 10.6. The van der Waals surface area contributed by atoms with E-state index in [2.05, 4.69) is 20.5 Å². The van der Waals surface area contributed by atoms with Crippen molar-refractivity contribution in [2.24, 2.45) is 0 Å². The van der Waals surface area contributed by atoms with Gasteiger partial charge in [0.1, 0.15) is 11.9 Å². The van der Waals surface area contributed by atoms with Crippen LogP contribution in [0.3, 0.4) is 0 Å². The third-order valence-electron chi connectivity index (χ3n) is 3.49. The van der Waals surface area contributed by atoms with Crippen molar-refractivity contribution in [3.8, 4) is 0 Å². The molecule has 1 saturated heterocycles. The van der Waals surface area contributed by atoms with Crippen LogP contribution in [0.15, 0.2) is 18.3 Å². The zero-order valence-electron chi connectivity index (χ0n) is 10.6. The second-order valence-corrected chi connectivity index (χ2v) is 4.97. The molecule has 102 valence electrons. The summed E-state index contributed by atoms with van der Waals surface area (Å²) in [6, 6.07) is 3.28. The quantitative estimate of drug-likeness (QED) is 0.826. The highest BCUT2D eigenvalue weighted by Crippen LogP contribution is 2.25. The number of piperazine rings is 1. The fourth-order valence-electron chi connectivity index (χ4n) is 2.19. The normalized spacial score (nSPS) is 26.1. The Morgan fingerprint density at radius 3 is 2.74 bits per heavy atom. The van der Waals surface area contributed by atoms with Crippen molar-refractivity contribution in [2.75, 3.05) is 31.1 Å². The highest BCUT2D eigenvalue weighted by molar-refractivity contribution is 5.92. The Bertz CT molecular complexity index is 458. The molecule has 1 aromatic heterocycles. The van der Waals surface area contributed by atoms with Gasteiger partial charge in [0.2, 0.25) is 0 Å². The van der Waals surface area contributed by atoms with E-state index in [4.69, 9.17) is 0 Å². The molecule has 0 unspecified atom stereocenters. The molecular weight excluding hydrogens is 247 g/mol. The topological polar surface area (TPSA) is 57.3 Å². The summed E-state index contributed by atoms with van der Waals surface area (Å²) >= 11 is 0. The van der Waals surface area contributed by atoms with E-state index in [1.807, 2.05) is 6.07 Å². The van der Waals surface area contributed by atoms with Gasteiger partial charge in [-0.1, -0.05) is 0 Å². The molecule has 1 saturated carbocycles. The first-order chi connectivity index (χ1) is 9.24. The largest absolute Gasteiger partial charge is 0.368 e. The predicted molar refractivity (Wildman–Crippen MR) is 70.1 cm³/mol. The van der Waals surface area contributed by atoms with Crippen molar-refractivity contribution in [2.45, 2.75) is 18.6 Å². The molecule has 0 spiro atoms. The summed E-state index contributed by atoms with van der Waals surface area (Å²) in [4.78, 5) is 18.2. The minimum absolute atomic E-state index is 0.294. The van der Waals surface area contributed by atoms with E-state index in [0.717, 1.165) is 31.9 Å². The maximum Gasteiger partial charge on any atom is 0.270 e. The molecule has 0 bridgehead atoms. The predicted octanol–water partition coefficient (Wildman–Crippen LogP) is 0.331. The van der Waals surface area contributed by atoms with Crippen LogP contribution in [-0.4, -0.2) is 49.3 Å². The van der Waals surface area contributed by atoms with Crippen molar-refractivity contribution in [3.05, 3.63) is 24.0 Å². The second kappa shape index (κ2) is 5.13. The lowest BCUT2D eigenvalue weighted by Gasteiger charge is -2.29. The zero-order chi connectivity index (χ0) is 13.2. The number of hydrogen-bond donors (Lipinski definition) is 2. The molecule has 2 aliphatic rings. The fraction of sp³-hybridized carbons (Fsp3) is 0.538. The first-order valence-corrected chi connectivity index (χ1v) is 6.61. The van der Waals surface area contributed by atoms with Crippen LogP contribution in [0.2, 0.25) is 0 Å². The van der Waals surface area contributed by atoms with Crippen molar-refractivity contribution in [1.29, 1.82) is 0 Å². The summed E-state index contributed by atoms with van der Waals surface area (Å²) in [6.45, 7) is 3.81. The van der Waals surface area contributed by atoms with Crippen LogP contribution in [0.25, 0.3) is 0 Å². The van der Waals surface area contributed by atoms with E-state index in [-0.39, 0.29) is 11.9 Å². The monoisotopic (exact) mass is 264 g/mol. The lowest BCUT2D eigenvalue weighted by molar-refractivity contribution is 0.0942. The molecule has 1 aliphatic heterocycles. The number of halogens is 1. The summed E-state index contributed by atoms with van der Waals surface area (Å²) in [5.74, 6) is -0.294. The standard InChI is InChI=1S/C13H17FN4O/c14-10-7-12(10)17-13(19)11-2-1-9(8-16-11)18-5-3-15-4-6-18/h1-2,8,10,12,15H,3-7H2,(H,17,19)/t10-,12+/m0/s1. The molecule has 19 heavy (non-hydrogen) atoms. The van der Waals surface area contributed by atoms with E-state index in [1.54, 1.807) is 12.3 Å². The third-order valence-corrected chi connectivity index (χ3v) is 3.49. The molecule has 0 aromatic carbocycles. The lowest BCUT2D eigenvalue weighted by Crippen LogP contribution is -2.43. The summed E-state index contributed by atoms with van der Waals surface area (Å²) in [5, 5.41) is 5.90. The van der Waals surface area contributed by atoms with E-state index in [0.29, 0.717) is 12.1 Å². The maximum absolute atomic E-state index is 12.7. The number of nitrogens with zero attached hydrogens (tertiary/aromatic N) is 2. The number of alkyl halides is 1. The Hall–Kier alpha value is -1.69. The lowest BCUT2D eigenvalue weighted by atomic mass is 10.2. The molecule has 2 atom stereocenters. The number of pyridine rings is 1. The van der Waals surface area contributed by atoms with E-state index in [9.17, 15) is 9.18 Å². The Morgan fingerprint density at radius 2 is 2.16 bits per heavy atom. The molecule has 1 amide bonds. The van der Waals surface area contributed by atoms with E-state index in [1.165, 1.54) is 0 Å². The summed E-state index contributed by atoms with van der Waals surface area (Å²) in [6.07, 6.45) is 1.24. The Balaban J connectivity index is 1.62. The molecule has 6 heteroatoms. The average molecular weight is 264 g/mol. The number of carbonyl (C=O) groups is 1. The second-order valence-electron chi connectivity index (χ2n) is 4.97. The van der Waals surface area contributed by atoms with Crippen LogP contribution >= 0.6 is 0 Å².